The van der Waals surface area contributed by atoms with Crippen molar-refractivity contribution in [3.63, 3.8) is 0 Å². The lowest BCUT2D eigenvalue weighted by Crippen LogP contribution is -2.50. The molecule has 32 heavy (non-hydrogen) atoms. The number of piperazine rings is 1. The lowest BCUT2D eigenvalue weighted by atomic mass is 10.2. The summed E-state index contributed by atoms with van der Waals surface area (Å²) in [6.07, 6.45) is -0.803. The van der Waals surface area contributed by atoms with Gasteiger partial charge in [0.2, 0.25) is 0 Å². The lowest BCUT2D eigenvalue weighted by molar-refractivity contribution is -0.137. The van der Waals surface area contributed by atoms with Crippen LogP contribution in [0.3, 0.4) is 0 Å². The molecule has 1 aliphatic rings. The fraction of sp³-hybridized carbons (Fsp3) is 0.286. The van der Waals surface area contributed by atoms with E-state index in [4.69, 9.17) is 11.6 Å². The zero-order valence-corrected chi connectivity index (χ0v) is 17.9. The van der Waals surface area contributed by atoms with Crippen LogP contribution in [0, 0.1) is 6.92 Å². The summed E-state index contributed by atoms with van der Waals surface area (Å²) in [7, 11) is 0. The highest BCUT2D eigenvalue weighted by Crippen LogP contribution is 2.36. The molecular weight excluding hydrogens is 445 g/mol. The summed E-state index contributed by atoms with van der Waals surface area (Å²) in [5.74, 6) is 2.14. The Morgan fingerprint density at radius 3 is 2.34 bits per heavy atom. The van der Waals surface area contributed by atoms with E-state index in [-0.39, 0.29) is 5.69 Å². The molecule has 0 aliphatic carbocycles. The number of benzene rings is 1. The molecule has 11 heteroatoms. The molecule has 0 spiro atoms. The van der Waals surface area contributed by atoms with Crippen LogP contribution in [0.15, 0.2) is 48.8 Å². The fourth-order valence-electron chi connectivity index (χ4n) is 3.48. The van der Waals surface area contributed by atoms with Gasteiger partial charge in [-0.2, -0.15) is 13.2 Å². The number of halogens is 4. The van der Waals surface area contributed by atoms with E-state index in [0.717, 1.165) is 23.8 Å². The van der Waals surface area contributed by atoms with Crippen LogP contribution in [0.2, 0.25) is 5.02 Å². The molecule has 2 aromatic heterocycles. The molecule has 168 valence electrons. The Balaban J connectivity index is 1.41. The number of nitrogens with one attached hydrogen (secondary N) is 1. The highest BCUT2D eigenvalue weighted by molar-refractivity contribution is 6.31. The fourth-order valence-corrected chi connectivity index (χ4v) is 3.70. The van der Waals surface area contributed by atoms with Crippen molar-refractivity contribution in [2.75, 3.05) is 36.4 Å². The van der Waals surface area contributed by atoms with Gasteiger partial charge in [0.05, 0.1) is 10.6 Å². The van der Waals surface area contributed by atoms with E-state index in [1.807, 2.05) is 42.1 Å². The molecule has 3 heterocycles. The summed E-state index contributed by atoms with van der Waals surface area (Å²) in [4.78, 5) is 25.1. The number of carbonyl (C=O) groups is 1. The van der Waals surface area contributed by atoms with Crippen LogP contribution in [0.25, 0.3) is 5.82 Å². The molecule has 0 unspecified atom stereocenters. The molecule has 0 atom stereocenters. The van der Waals surface area contributed by atoms with Crippen molar-refractivity contribution >= 4 is 29.1 Å². The summed E-state index contributed by atoms with van der Waals surface area (Å²) in [6.45, 7) is 3.68. The number of hydrogen-bond acceptors (Lipinski definition) is 4. The predicted molar refractivity (Wildman–Crippen MR) is 115 cm³/mol. The number of carbonyl (C=O) groups excluding carboxylic acids is 1. The minimum Gasteiger partial charge on any atom is -0.353 e. The summed E-state index contributed by atoms with van der Waals surface area (Å²) >= 11 is 5.63. The summed E-state index contributed by atoms with van der Waals surface area (Å²) < 4.78 is 41.0. The molecule has 1 saturated heterocycles. The van der Waals surface area contributed by atoms with Crippen molar-refractivity contribution in [2.45, 2.75) is 13.1 Å². The Morgan fingerprint density at radius 2 is 1.69 bits per heavy atom. The quantitative estimate of drug-likeness (QED) is 0.615. The van der Waals surface area contributed by atoms with E-state index in [1.165, 1.54) is 6.07 Å². The van der Waals surface area contributed by atoms with Crippen molar-refractivity contribution < 1.29 is 18.0 Å². The van der Waals surface area contributed by atoms with Gasteiger partial charge in [-0.3, -0.25) is 0 Å². The van der Waals surface area contributed by atoms with Gasteiger partial charge in [-0.05, 0) is 37.3 Å². The molecule has 7 nitrogen and oxygen atoms in total. The SMILES string of the molecule is Cc1nc(N2CCN(C(=O)Nc3ccc(Cl)c(C(F)(F)F)c3)CC2)cc(-n2cccc2)n1. The number of nitrogens with zero attached hydrogens (tertiary/aromatic N) is 5. The van der Waals surface area contributed by atoms with Gasteiger partial charge in [0.25, 0.3) is 0 Å². The number of hydrogen-bond donors (Lipinski definition) is 1. The molecule has 1 fully saturated rings. The van der Waals surface area contributed by atoms with Crippen LogP contribution in [-0.2, 0) is 6.18 Å². The van der Waals surface area contributed by atoms with Gasteiger partial charge in [0, 0.05) is 50.3 Å². The van der Waals surface area contributed by atoms with Crippen LogP contribution >= 0.6 is 11.6 Å². The molecule has 0 radical (unpaired) electrons. The Hall–Kier alpha value is -3.27. The Kier molecular flexibility index (Phi) is 5.96. The zero-order chi connectivity index (χ0) is 22.9. The minimum absolute atomic E-state index is 0.0388. The maximum Gasteiger partial charge on any atom is 0.417 e. The largest absolute Gasteiger partial charge is 0.417 e. The van der Waals surface area contributed by atoms with E-state index >= 15 is 0 Å². The molecular formula is C21H20ClF3N6O. The summed E-state index contributed by atoms with van der Waals surface area (Å²) in [5.41, 5.74) is -0.948. The zero-order valence-electron chi connectivity index (χ0n) is 17.1. The first-order valence-electron chi connectivity index (χ1n) is 9.87. The number of urea groups is 1. The monoisotopic (exact) mass is 464 g/mol. The summed E-state index contributed by atoms with van der Waals surface area (Å²) in [6, 6.07) is 8.54. The van der Waals surface area contributed by atoms with E-state index in [0.29, 0.717) is 32.0 Å². The predicted octanol–water partition coefficient (Wildman–Crippen LogP) is 4.60. The number of anilines is 2. The normalized spacial score (nSPS) is 14.5. The third kappa shape index (κ3) is 4.80. The van der Waals surface area contributed by atoms with Crippen molar-refractivity contribution in [2.24, 2.45) is 0 Å². The first-order chi connectivity index (χ1) is 15.2. The first kappa shape index (κ1) is 21.9. The number of aromatic nitrogens is 3. The Labute approximate surface area is 187 Å². The number of alkyl halides is 3. The van der Waals surface area contributed by atoms with Gasteiger partial charge in [-0.25, -0.2) is 14.8 Å². The standard InChI is InChI=1S/C21H20ClF3N6O/c1-14-26-18(29-6-2-3-7-29)13-19(27-14)30-8-10-31(11-9-30)20(32)28-15-4-5-17(22)16(12-15)21(23,24)25/h2-7,12-13H,8-11H2,1H3,(H,28,32). The van der Waals surface area contributed by atoms with Crippen molar-refractivity contribution in [3.05, 3.63) is 65.2 Å². The van der Waals surface area contributed by atoms with Crippen molar-refractivity contribution in [3.8, 4) is 5.82 Å². The maximum absolute atomic E-state index is 13.0. The van der Waals surface area contributed by atoms with Crippen molar-refractivity contribution in [1.29, 1.82) is 0 Å². The lowest BCUT2D eigenvalue weighted by Gasteiger charge is -2.35. The third-order valence-corrected chi connectivity index (χ3v) is 5.42. The average molecular weight is 465 g/mol. The maximum atomic E-state index is 13.0. The first-order valence-corrected chi connectivity index (χ1v) is 10.2. The van der Waals surface area contributed by atoms with E-state index in [1.54, 1.807) is 4.90 Å². The molecule has 0 bridgehead atoms. The molecule has 3 aromatic rings. The topological polar surface area (TPSA) is 66.3 Å². The smallest absolute Gasteiger partial charge is 0.353 e. The molecule has 0 saturated carbocycles. The van der Waals surface area contributed by atoms with Gasteiger partial charge in [-0.1, -0.05) is 11.6 Å². The van der Waals surface area contributed by atoms with E-state index < -0.39 is 22.8 Å². The van der Waals surface area contributed by atoms with Crippen molar-refractivity contribution in [1.82, 2.24) is 19.4 Å². The summed E-state index contributed by atoms with van der Waals surface area (Å²) in [5, 5.41) is 2.11. The molecule has 1 N–H and O–H groups in total. The second-order valence-corrected chi connectivity index (χ2v) is 7.73. The molecule has 1 aromatic carbocycles. The minimum atomic E-state index is -4.60. The van der Waals surface area contributed by atoms with Crippen LogP contribution < -0.4 is 10.2 Å². The second kappa shape index (κ2) is 8.70. The highest BCUT2D eigenvalue weighted by atomic mass is 35.5. The van der Waals surface area contributed by atoms with E-state index in [9.17, 15) is 18.0 Å². The molecule has 2 amide bonds. The van der Waals surface area contributed by atoms with Gasteiger partial charge in [0.1, 0.15) is 17.5 Å². The third-order valence-electron chi connectivity index (χ3n) is 5.09. The molecule has 4 rings (SSSR count). The number of aryl methyl sites for hydroxylation is 1. The van der Waals surface area contributed by atoms with E-state index in [2.05, 4.69) is 20.2 Å². The van der Waals surface area contributed by atoms with Gasteiger partial charge in [-0.15, -0.1) is 0 Å². The van der Waals surface area contributed by atoms with Gasteiger partial charge < -0.3 is 19.7 Å². The highest BCUT2D eigenvalue weighted by Gasteiger charge is 2.33. The van der Waals surface area contributed by atoms with Crippen LogP contribution in [0.4, 0.5) is 29.5 Å². The number of amides is 2. The molecule has 1 aliphatic heterocycles. The Morgan fingerprint density at radius 1 is 1.03 bits per heavy atom. The van der Waals surface area contributed by atoms with Crippen LogP contribution in [0.5, 0.6) is 0 Å². The Bertz CT molecular complexity index is 1110. The second-order valence-electron chi connectivity index (χ2n) is 7.32. The number of rotatable bonds is 3. The average Bonchev–Trinajstić information content (AvgIpc) is 3.29. The van der Waals surface area contributed by atoms with Crippen LogP contribution in [0.1, 0.15) is 11.4 Å². The van der Waals surface area contributed by atoms with Crippen LogP contribution in [-0.4, -0.2) is 51.6 Å². The van der Waals surface area contributed by atoms with Gasteiger partial charge in [0.15, 0.2) is 0 Å². The van der Waals surface area contributed by atoms with Gasteiger partial charge >= 0.3 is 12.2 Å².